The highest BCUT2D eigenvalue weighted by molar-refractivity contribution is 5.80. The predicted octanol–water partition coefficient (Wildman–Crippen LogP) is 1.45. The number of methoxy groups -OCH3 is 1. The number of nitrogens with two attached hydrogens (primary N) is 1. The minimum Gasteiger partial charge on any atom is -0.493 e. The van der Waals surface area contributed by atoms with E-state index in [4.69, 9.17) is 15.9 Å². The number of ether oxygens (including phenoxy) is 1. The van der Waals surface area contributed by atoms with Gasteiger partial charge >= 0.3 is 0 Å². The molecule has 0 saturated carbocycles. The molecule has 76 valence electrons. The Kier molecular flexibility index (Phi) is 3.01. The normalized spacial score (nSPS) is 9.93. The summed E-state index contributed by atoms with van der Waals surface area (Å²) >= 11 is 0. The van der Waals surface area contributed by atoms with Crippen molar-refractivity contribution in [3.05, 3.63) is 29.3 Å². The molecule has 5 heteroatoms. The highest BCUT2D eigenvalue weighted by atomic mass is 19.1. The minimum absolute atomic E-state index is 0.0299. The Hall–Kier alpha value is -1.65. The quantitative estimate of drug-likeness (QED) is 0.573. The fraction of sp³-hybridized carbons (Fsp3) is 0.222. The second-order valence-corrected chi connectivity index (χ2v) is 2.78. The zero-order valence-corrected chi connectivity index (χ0v) is 7.60. The van der Waals surface area contributed by atoms with Crippen molar-refractivity contribution in [3.63, 3.8) is 0 Å². The second kappa shape index (κ2) is 4.04. The number of hydrogen-bond acceptors (Lipinski definition) is 2. The number of benzene rings is 1. The summed E-state index contributed by atoms with van der Waals surface area (Å²) in [5, 5.41) is 7.02. The van der Waals surface area contributed by atoms with Gasteiger partial charge in [-0.25, -0.2) is 8.78 Å². The number of nitrogens with one attached hydrogen (secondary N) is 1. The van der Waals surface area contributed by atoms with Crippen LogP contribution in [-0.2, 0) is 6.42 Å². The summed E-state index contributed by atoms with van der Waals surface area (Å²) < 4.78 is 30.6. The van der Waals surface area contributed by atoms with Gasteiger partial charge in [-0.3, -0.25) is 5.41 Å². The van der Waals surface area contributed by atoms with Crippen molar-refractivity contribution < 1.29 is 13.5 Å². The summed E-state index contributed by atoms with van der Waals surface area (Å²) in [5.41, 5.74) is 5.36. The van der Waals surface area contributed by atoms with Crippen LogP contribution >= 0.6 is 0 Å². The molecule has 0 radical (unpaired) electrons. The zero-order valence-electron chi connectivity index (χ0n) is 7.60. The first-order chi connectivity index (χ1) is 6.54. The van der Waals surface area contributed by atoms with Crippen LogP contribution in [0.25, 0.3) is 0 Å². The van der Waals surface area contributed by atoms with Crippen LogP contribution in [0.2, 0.25) is 0 Å². The van der Waals surface area contributed by atoms with Crippen molar-refractivity contribution in [2.24, 2.45) is 5.73 Å². The maximum absolute atomic E-state index is 13.1. The molecule has 0 aliphatic rings. The number of hydrogen-bond donors (Lipinski definition) is 2. The molecule has 1 rings (SSSR count). The van der Waals surface area contributed by atoms with E-state index in [1.807, 2.05) is 0 Å². The Morgan fingerprint density at radius 3 is 2.64 bits per heavy atom. The third-order valence-corrected chi connectivity index (χ3v) is 1.67. The third kappa shape index (κ3) is 2.18. The van der Waals surface area contributed by atoms with Gasteiger partial charge in [-0.05, 0) is 6.07 Å². The lowest BCUT2D eigenvalue weighted by atomic mass is 10.1. The maximum atomic E-state index is 13.1. The summed E-state index contributed by atoms with van der Waals surface area (Å²) in [6, 6.07) is 1.83. The van der Waals surface area contributed by atoms with Crippen LogP contribution in [0.4, 0.5) is 8.78 Å². The summed E-state index contributed by atoms with van der Waals surface area (Å²) in [4.78, 5) is 0. The lowest BCUT2D eigenvalue weighted by Gasteiger charge is -2.08. The van der Waals surface area contributed by atoms with Crippen molar-refractivity contribution in [1.29, 1.82) is 5.41 Å². The van der Waals surface area contributed by atoms with Crippen LogP contribution in [0, 0.1) is 17.0 Å². The maximum Gasteiger partial charge on any atom is 0.168 e. The molecule has 1 aromatic rings. The molecular formula is C9H10F2N2O. The molecule has 14 heavy (non-hydrogen) atoms. The van der Waals surface area contributed by atoms with Gasteiger partial charge in [0, 0.05) is 18.1 Å². The van der Waals surface area contributed by atoms with Crippen molar-refractivity contribution in [3.8, 4) is 5.75 Å². The zero-order chi connectivity index (χ0) is 10.7. The number of amidine groups is 1. The fourth-order valence-electron chi connectivity index (χ4n) is 1.18. The van der Waals surface area contributed by atoms with Gasteiger partial charge in [-0.15, -0.1) is 0 Å². The minimum atomic E-state index is -0.788. The van der Waals surface area contributed by atoms with Crippen molar-refractivity contribution in [2.75, 3.05) is 7.11 Å². The largest absolute Gasteiger partial charge is 0.493 e. The first-order valence-electron chi connectivity index (χ1n) is 3.89. The van der Waals surface area contributed by atoms with Crippen LogP contribution in [0.5, 0.6) is 5.75 Å². The van der Waals surface area contributed by atoms with Gasteiger partial charge in [0.25, 0.3) is 0 Å². The first-order valence-corrected chi connectivity index (χ1v) is 3.89. The van der Waals surface area contributed by atoms with Crippen LogP contribution in [0.15, 0.2) is 12.1 Å². The lowest BCUT2D eigenvalue weighted by molar-refractivity contribution is 0.380. The molecule has 0 aliphatic heterocycles. The standard InChI is InChI=1S/C9H10F2N2O/c1-14-9-5(3-8(12)13)2-6(10)4-7(9)11/h2,4H,3H2,1H3,(H3,12,13). The average Bonchev–Trinajstić information content (AvgIpc) is 2.01. The highest BCUT2D eigenvalue weighted by Crippen LogP contribution is 2.24. The van der Waals surface area contributed by atoms with Gasteiger partial charge in [-0.2, -0.15) is 0 Å². The van der Waals surface area contributed by atoms with Crippen LogP contribution < -0.4 is 10.5 Å². The van der Waals surface area contributed by atoms with E-state index in [9.17, 15) is 8.78 Å². The Balaban J connectivity index is 3.17. The number of halogens is 2. The summed E-state index contributed by atoms with van der Waals surface area (Å²) in [5.74, 6) is -1.74. The van der Waals surface area contributed by atoms with Gasteiger partial charge in [-0.1, -0.05) is 0 Å². The molecule has 0 aliphatic carbocycles. The molecule has 0 unspecified atom stereocenters. The smallest absolute Gasteiger partial charge is 0.168 e. The fourth-order valence-corrected chi connectivity index (χ4v) is 1.18. The predicted molar refractivity (Wildman–Crippen MR) is 48.5 cm³/mol. The van der Waals surface area contributed by atoms with Crippen LogP contribution in [0.3, 0.4) is 0 Å². The molecule has 0 amide bonds. The Labute approximate surface area is 80.0 Å². The molecule has 0 spiro atoms. The van der Waals surface area contributed by atoms with Gasteiger partial charge in [0.15, 0.2) is 11.6 Å². The molecule has 0 atom stereocenters. The van der Waals surface area contributed by atoms with E-state index in [2.05, 4.69) is 0 Å². The molecule has 0 fully saturated rings. The van der Waals surface area contributed by atoms with E-state index in [0.29, 0.717) is 0 Å². The molecule has 3 N–H and O–H groups in total. The van der Waals surface area contributed by atoms with E-state index < -0.39 is 11.6 Å². The molecular weight excluding hydrogens is 190 g/mol. The molecule has 1 aromatic carbocycles. The number of rotatable bonds is 3. The first kappa shape index (κ1) is 10.4. The van der Waals surface area contributed by atoms with E-state index in [1.165, 1.54) is 7.11 Å². The molecule has 0 bridgehead atoms. The van der Waals surface area contributed by atoms with Gasteiger partial charge < -0.3 is 10.5 Å². The SMILES string of the molecule is COc1c(F)cc(F)cc1CC(=N)N. The third-order valence-electron chi connectivity index (χ3n) is 1.67. The molecule has 0 aromatic heterocycles. The Morgan fingerprint density at radius 1 is 1.50 bits per heavy atom. The summed E-state index contributed by atoms with van der Waals surface area (Å²) in [6.45, 7) is 0. The van der Waals surface area contributed by atoms with Gasteiger partial charge in [0.2, 0.25) is 0 Å². The van der Waals surface area contributed by atoms with Gasteiger partial charge in [0.1, 0.15) is 5.82 Å². The summed E-state index contributed by atoms with van der Waals surface area (Å²) in [6.07, 6.45) is -0.0299. The van der Waals surface area contributed by atoms with Crippen LogP contribution in [-0.4, -0.2) is 12.9 Å². The molecule has 0 saturated heterocycles. The molecule has 3 nitrogen and oxygen atoms in total. The van der Waals surface area contributed by atoms with Crippen molar-refractivity contribution >= 4 is 5.84 Å². The second-order valence-electron chi connectivity index (χ2n) is 2.78. The van der Waals surface area contributed by atoms with E-state index >= 15 is 0 Å². The monoisotopic (exact) mass is 200 g/mol. The topological polar surface area (TPSA) is 59.1 Å². The highest BCUT2D eigenvalue weighted by Gasteiger charge is 2.12. The Morgan fingerprint density at radius 2 is 2.14 bits per heavy atom. The van der Waals surface area contributed by atoms with E-state index in [-0.39, 0.29) is 23.6 Å². The van der Waals surface area contributed by atoms with Crippen LogP contribution in [0.1, 0.15) is 5.56 Å². The Bertz CT molecular complexity index is 366. The van der Waals surface area contributed by atoms with E-state index in [0.717, 1.165) is 12.1 Å². The lowest BCUT2D eigenvalue weighted by Crippen LogP contribution is -2.14. The van der Waals surface area contributed by atoms with Gasteiger partial charge in [0.05, 0.1) is 12.9 Å². The van der Waals surface area contributed by atoms with Crippen molar-refractivity contribution in [2.45, 2.75) is 6.42 Å². The molecule has 0 heterocycles. The van der Waals surface area contributed by atoms with E-state index in [1.54, 1.807) is 0 Å². The van der Waals surface area contributed by atoms with Crippen molar-refractivity contribution in [1.82, 2.24) is 0 Å². The average molecular weight is 200 g/mol. The summed E-state index contributed by atoms with van der Waals surface area (Å²) in [7, 11) is 1.28.